The number of benzene rings is 2. The number of fused-ring (bicyclic) bond motifs is 3. The number of Topliss-reactive ketones (excluding diaryl/α,β-unsaturated/α-hetero) is 1. The van der Waals surface area contributed by atoms with Crippen LogP contribution in [0.25, 0.3) is 0 Å². The van der Waals surface area contributed by atoms with E-state index in [1.807, 2.05) is 0 Å². The van der Waals surface area contributed by atoms with E-state index < -0.39 is 59.3 Å². The number of carbonyl (C=O) groups excluding carboxylic acids is 3. The van der Waals surface area contributed by atoms with Gasteiger partial charge in [0.1, 0.15) is 17.1 Å². The van der Waals surface area contributed by atoms with Crippen LogP contribution in [0.5, 0.6) is 11.5 Å². The van der Waals surface area contributed by atoms with E-state index in [1.165, 1.54) is 26.2 Å². The number of nitrogen functional groups attached to an aromatic ring is 1. The number of aliphatic hydroxyl groups excluding tert-OH is 1. The second-order valence-corrected chi connectivity index (χ2v) is 10.2. The van der Waals surface area contributed by atoms with Gasteiger partial charge in [-0.1, -0.05) is 12.1 Å². The van der Waals surface area contributed by atoms with Gasteiger partial charge in [0.15, 0.2) is 23.6 Å². The van der Waals surface area contributed by atoms with E-state index in [-0.39, 0.29) is 64.1 Å². The van der Waals surface area contributed by atoms with Crippen LogP contribution in [0, 0.1) is 0 Å². The summed E-state index contributed by atoms with van der Waals surface area (Å²) in [5.74, 6) is -2.37. The van der Waals surface area contributed by atoms with E-state index in [0.29, 0.717) is 0 Å². The third-order valence-electron chi connectivity index (χ3n) is 7.83. The molecule has 1 saturated heterocycles. The zero-order valence-corrected chi connectivity index (χ0v) is 21.2. The van der Waals surface area contributed by atoms with Crippen molar-refractivity contribution >= 4 is 23.0 Å². The minimum absolute atomic E-state index is 0.0276. The topological polar surface area (TPSA) is 192 Å². The molecule has 2 aliphatic carbocycles. The average Bonchev–Trinajstić information content (AvgIpc) is 2.85. The number of rotatable bonds is 4. The number of aliphatic hydroxyl groups is 2. The van der Waals surface area contributed by atoms with E-state index in [1.54, 1.807) is 13.0 Å². The fourth-order valence-corrected chi connectivity index (χ4v) is 5.75. The minimum Gasteiger partial charge on any atom is -0.507 e. The quantitative estimate of drug-likeness (QED) is 0.304. The lowest BCUT2D eigenvalue weighted by Crippen LogP contribution is -2.52. The van der Waals surface area contributed by atoms with Crippen LogP contribution in [0.3, 0.4) is 0 Å². The van der Waals surface area contributed by atoms with Crippen LogP contribution in [-0.4, -0.2) is 69.9 Å². The standard InChI is InChI=1S/C27H30N2O9/c1-10-22(31)15(29)7-17(37-10)38-16-9-27(35,11(2)30)8-13-19(16)25(34)20-21(26(13)36-3)23(32)12-5-4-6-14(28)18(12)24(20)33/h4-6,10,15-17,22,31,34-35H,7-9,28-29H2,1-3H3/t10-,15?,16-,17?,22+,27-/m0/s1. The van der Waals surface area contributed by atoms with Crippen molar-refractivity contribution in [2.75, 3.05) is 12.8 Å². The first-order valence-electron chi connectivity index (χ1n) is 12.3. The van der Waals surface area contributed by atoms with Crippen molar-refractivity contribution in [3.63, 3.8) is 0 Å². The highest BCUT2D eigenvalue weighted by Gasteiger charge is 2.49. The number of methoxy groups -OCH3 is 1. The van der Waals surface area contributed by atoms with Gasteiger partial charge in [-0.25, -0.2) is 0 Å². The van der Waals surface area contributed by atoms with Crippen molar-refractivity contribution in [2.45, 2.75) is 69.4 Å². The molecule has 7 N–H and O–H groups in total. The summed E-state index contributed by atoms with van der Waals surface area (Å²) in [6, 6.07) is 3.82. The van der Waals surface area contributed by atoms with E-state index in [0.717, 1.165) is 0 Å². The van der Waals surface area contributed by atoms with E-state index in [4.69, 9.17) is 25.7 Å². The second kappa shape index (κ2) is 9.14. The summed E-state index contributed by atoms with van der Waals surface area (Å²) in [5.41, 5.74) is 10.1. The molecule has 3 aliphatic rings. The first kappa shape index (κ1) is 26.3. The van der Waals surface area contributed by atoms with Crippen LogP contribution >= 0.6 is 0 Å². The molecule has 2 aromatic rings. The molecular formula is C27H30N2O9. The van der Waals surface area contributed by atoms with Crippen LogP contribution in [0.15, 0.2) is 18.2 Å². The van der Waals surface area contributed by atoms with Gasteiger partial charge in [-0.15, -0.1) is 0 Å². The molecule has 1 heterocycles. The van der Waals surface area contributed by atoms with Crippen LogP contribution < -0.4 is 16.2 Å². The molecule has 0 saturated carbocycles. The Morgan fingerprint density at radius 1 is 1.18 bits per heavy atom. The lowest BCUT2D eigenvalue weighted by molar-refractivity contribution is -0.247. The van der Waals surface area contributed by atoms with E-state index >= 15 is 0 Å². The van der Waals surface area contributed by atoms with Crippen LogP contribution in [0.2, 0.25) is 0 Å². The van der Waals surface area contributed by atoms with Gasteiger partial charge in [0.2, 0.25) is 0 Å². The first-order valence-corrected chi connectivity index (χ1v) is 12.3. The molecule has 2 unspecified atom stereocenters. The van der Waals surface area contributed by atoms with Crippen molar-refractivity contribution in [2.24, 2.45) is 5.73 Å². The number of anilines is 1. The highest BCUT2D eigenvalue weighted by molar-refractivity contribution is 6.32. The summed E-state index contributed by atoms with van der Waals surface area (Å²) >= 11 is 0. The van der Waals surface area contributed by atoms with Crippen molar-refractivity contribution < 1.29 is 43.9 Å². The molecule has 11 heteroatoms. The second-order valence-electron chi connectivity index (χ2n) is 10.2. The number of ketones is 3. The maximum Gasteiger partial charge on any atom is 0.200 e. The average molecular weight is 527 g/mol. The molecular weight excluding hydrogens is 496 g/mol. The summed E-state index contributed by atoms with van der Waals surface area (Å²) in [7, 11) is 1.29. The molecule has 0 radical (unpaired) electrons. The van der Waals surface area contributed by atoms with Gasteiger partial charge >= 0.3 is 0 Å². The fraction of sp³-hybridized carbons (Fsp3) is 0.444. The molecule has 1 fully saturated rings. The first-order chi connectivity index (χ1) is 17.9. The molecule has 38 heavy (non-hydrogen) atoms. The zero-order valence-electron chi connectivity index (χ0n) is 21.2. The van der Waals surface area contributed by atoms with Gasteiger partial charge < -0.3 is 41.0 Å². The molecule has 2 aromatic carbocycles. The number of aromatic hydroxyl groups is 1. The monoisotopic (exact) mass is 526 g/mol. The number of phenols is 1. The normalized spacial score (nSPS) is 30.3. The SMILES string of the molecule is COc1c2c(c(O)c3c1C(=O)c1cccc(N)c1C3=O)[C@@H](OC1CC(N)[C@H](O)[C@H](C)O1)C[C@](O)(C(C)=O)C2. The third-order valence-corrected chi connectivity index (χ3v) is 7.83. The zero-order chi connectivity index (χ0) is 27.7. The van der Waals surface area contributed by atoms with E-state index in [9.17, 15) is 29.7 Å². The maximum absolute atomic E-state index is 13.6. The van der Waals surface area contributed by atoms with E-state index in [2.05, 4.69) is 0 Å². The van der Waals surface area contributed by atoms with Crippen molar-refractivity contribution in [3.8, 4) is 11.5 Å². The Morgan fingerprint density at radius 3 is 2.53 bits per heavy atom. The third kappa shape index (κ3) is 3.81. The molecule has 5 rings (SSSR count). The summed E-state index contributed by atoms with van der Waals surface area (Å²) < 4.78 is 17.5. The Balaban J connectivity index is 1.71. The number of phenolic OH excluding ortho intramolecular Hbond substituents is 1. The van der Waals surface area contributed by atoms with Crippen LogP contribution in [0.1, 0.15) is 75.8 Å². The molecule has 202 valence electrons. The highest BCUT2D eigenvalue weighted by Crippen LogP contribution is 2.52. The largest absolute Gasteiger partial charge is 0.507 e. The molecule has 0 spiro atoms. The van der Waals surface area contributed by atoms with Gasteiger partial charge in [-0.3, -0.25) is 14.4 Å². The van der Waals surface area contributed by atoms with Gasteiger partial charge in [-0.2, -0.15) is 0 Å². The van der Waals surface area contributed by atoms with Crippen molar-refractivity contribution in [1.82, 2.24) is 0 Å². The predicted octanol–water partition coefficient (Wildman–Crippen LogP) is 0.905. The number of ether oxygens (including phenoxy) is 3. The lowest BCUT2D eigenvalue weighted by Gasteiger charge is -2.42. The molecule has 1 aliphatic heterocycles. The van der Waals surface area contributed by atoms with Gasteiger partial charge in [0.25, 0.3) is 0 Å². The number of nitrogens with two attached hydrogens (primary N) is 2. The Bertz CT molecular complexity index is 1360. The van der Waals surface area contributed by atoms with Crippen LogP contribution in [-0.2, 0) is 20.7 Å². The number of carbonyl (C=O) groups is 3. The minimum atomic E-state index is -1.92. The Hall–Kier alpha value is -3.35. The van der Waals surface area contributed by atoms with Gasteiger partial charge in [0.05, 0.1) is 42.1 Å². The van der Waals surface area contributed by atoms with Gasteiger partial charge in [0, 0.05) is 47.7 Å². The Kier molecular flexibility index (Phi) is 6.32. The summed E-state index contributed by atoms with van der Waals surface area (Å²) in [5, 5.41) is 33.0. The molecule has 0 amide bonds. The highest BCUT2D eigenvalue weighted by atomic mass is 16.7. The summed E-state index contributed by atoms with van der Waals surface area (Å²) in [4.78, 5) is 39.8. The predicted molar refractivity (Wildman–Crippen MR) is 133 cm³/mol. The summed E-state index contributed by atoms with van der Waals surface area (Å²) in [6.07, 6.45) is -4.14. The molecule has 11 nitrogen and oxygen atoms in total. The molecule has 0 aromatic heterocycles. The lowest BCUT2D eigenvalue weighted by atomic mass is 9.72. The number of hydrogen-bond donors (Lipinski definition) is 5. The van der Waals surface area contributed by atoms with Crippen molar-refractivity contribution in [1.29, 1.82) is 0 Å². The maximum atomic E-state index is 13.6. The smallest absolute Gasteiger partial charge is 0.200 e. The summed E-state index contributed by atoms with van der Waals surface area (Å²) in [6.45, 7) is 2.86. The molecule has 6 atom stereocenters. The number of hydrogen-bond acceptors (Lipinski definition) is 11. The van der Waals surface area contributed by atoms with Gasteiger partial charge in [-0.05, 0) is 19.9 Å². The Morgan fingerprint density at radius 2 is 1.89 bits per heavy atom. The Labute approximate surface area is 218 Å². The van der Waals surface area contributed by atoms with Crippen LogP contribution in [0.4, 0.5) is 5.69 Å². The molecule has 0 bridgehead atoms. The van der Waals surface area contributed by atoms with Crippen molar-refractivity contribution in [3.05, 3.63) is 51.6 Å². The fourth-order valence-electron chi connectivity index (χ4n) is 5.75.